The zero-order valence-corrected chi connectivity index (χ0v) is 14.1. The molecule has 0 radical (unpaired) electrons. The Morgan fingerprint density at radius 1 is 1.19 bits per heavy atom. The summed E-state index contributed by atoms with van der Waals surface area (Å²) in [6.45, 7) is 3.11. The number of aromatic nitrogens is 2. The first-order valence-electron chi connectivity index (χ1n) is 6.94. The lowest BCUT2D eigenvalue weighted by Gasteiger charge is -2.15. The van der Waals surface area contributed by atoms with Crippen molar-refractivity contribution in [1.29, 1.82) is 0 Å². The maximum Gasteiger partial charge on any atom is 0.124 e. The second-order valence-corrected chi connectivity index (χ2v) is 6.40. The molecule has 1 atom stereocenters. The van der Waals surface area contributed by atoms with E-state index < -0.39 is 0 Å². The van der Waals surface area contributed by atoms with Gasteiger partial charge in [0.25, 0.3) is 0 Å². The molecule has 2 nitrogen and oxygen atoms in total. The molecule has 108 valence electrons. The number of benzene rings is 2. The van der Waals surface area contributed by atoms with Gasteiger partial charge < -0.3 is 4.57 Å². The van der Waals surface area contributed by atoms with Crippen molar-refractivity contribution < 1.29 is 0 Å². The van der Waals surface area contributed by atoms with Crippen LogP contribution in [0.15, 0.2) is 53.0 Å². The molecule has 1 aromatic heterocycles. The van der Waals surface area contributed by atoms with Gasteiger partial charge in [-0.2, -0.15) is 0 Å². The smallest absolute Gasteiger partial charge is 0.124 e. The summed E-state index contributed by atoms with van der Waals surface area (Å²) < 4.78 is 3.29. The molecule has 0 amide bonds. The first kappa shape index (κ1) is 14.6. The van der Waals surface area contributed by atoms with Gasteiger partial charge in [0.05, 0.1) is 16.9 Å². The number of nitrogens with zero attached hydrogens (tertiary/aromatic N) is 2. The van der Waals surface area contributed by atoms with E-state index in [1.54, 1.807) is 0 Å². The Labute approximate surface area is 137 Å². The van der Waals surface area contributed by atoms with Gasteiger partial charge in [-0.1, -0.05) is 53.2 Å². The van der Waals surface area contributed by atoms with Crippen LogP contribution in [0.1, 0.15) is 24.2 Å². The van der Waals surface area contributed by atoms with Crippen molar-refractivity contribution in [2.45, 2.75) is 25.3 Å². The molecule has 0 aliphatic carbocycles. The monoisotopic (exact) mass is 362 g/mol. The van der Waals surface area contributed by atoms with Gasteiger partial charge in [-0.15, -0.1) is 11.6 Å². The van der Waals surface area contributed by atoms with Gasteiger partial charge in [-0.25, -0.2) is 4.98 Å². The van der Waals surface area contributed by atoms with Crippen molar-refractivity contribution in [1.82, 2.24) is 9.55 Å². The number of halogens is 2. The minimum absolute atomic E-state index is 0.407. The summed E-state index contributed by atoms with van der Waals surface area (Å²) in [5, 5.41) is 0. The molecule has 0 aliphatic heterocycles. The largest absolute Gasteiger partial charge is 0.326 e. The molecule has 0 saturated heterocycles. The van der Waals surface area contributed by atoms with Crippen molar-refractivity contribution in [3.05, 3.63) is 64.4 Å². The molecule has 0 aliphatic rings. The van der Waals surface area contributed by atoms with E-state index in [1.807, 2.05) is 18.2 Å². The number of alkyl halides is 1. The average Bonchev–Trinajstić information content (AvgIpc) is 2.85. The Balaban J connectivity index is 2.01. The fraction of sp³-hybridized carbons (Fsp3) is 0.235. The number of hydrogen-bond donors (Lipinski definition) is 0. The van der Waals surface area contributed by atoms with Gasteiger partial charge in [0.1, 0.15) is 5.82 Å². The van der Waals surface area contributed by atoms with Crippen molar-refractivity contribution in [2.75, 3.05) is 0 Å². The molecule has 4 heteroatoms. The first-order chi connectivity index (χ1) is 10.2. The van der Waals surface area contributed by atoms with Gasteiger partial charge in [-0.3, -0.25) is 0 Å². The third-order valence-corrected chi connectivity index (χ3v) is 4.47. The summed E-state index contributed by atoms with van der Waals surface area (Å²) in [6, 6.07) is 16.7. The summed E-state index contributed by atoms with van der Waals surface area (Å²) in [5.41, 5.74) is 3.45. The Morgan fingerprint density at radius 2 is 1.95 bits per heavy atom. The van der Waals surface area contributed by atoms with Crippen LogP contribution in [0.25, 0.3) is 11.0 Å². The Morgan fingerprint density at radius 3 is 2.67 bits per heavy atom. The number of fused-ring (bicyclic) bond motifs is 1. The minimum Gasteiger partial charge on any atom is -0.326 e. The molecule has 0 fully saturated rings. The maximum absolute atomic E-state index is 6.08. The van der Waals surface area contributed by atoms with Crippen molar-refractivity contribution in [3.8, 4) is 0 Å². The van der Waals surface area contributed by atoms with E-state index in [9.17, 15) is 0 Å². The van der Waals surface area contributed by atoms with E-state index in [2.05, 4.69) is 62.7 Å². The minimum atomic E-state index is 0.407. The van der Waals surface area contributed by atoms with Crippen LogP contribution >= 0.6 is 27.5 Å². The molecule has 21 heavy (non-hydrogen) atoms. The molecule has 0 spiro atoms. The van der Waals surface area contributed by atoms with E-state index in [0.717, 1.165) is 27.9 Å². The fourth-order valence-corrected chi connectivity index (χ4v) is 3.17. The Kier molecular flexibility index (Phi) is 4.32. The van der Waals surface area contributed by atoms with Crippen LogP contribution in [0.2, 0.25) is 0 Å². The highest BCUT2D eigenvalue weighted by atomic mass is 79.9. The van der Waals surface area contributed by atoms with Crippen LogP contribution in [0, 0.1) is 0 Å². The topological polar surface area (TPSA) is 17.8 Å². The molecule has 2 aromatic carbocycles. The number of hydrogen-bond acceptors (Lipinski definition) is 1. The Hall–Kier alpha value is -1.32. The molecule has 3 aromatic rings. The second-order valence-electron chi connectivity index (χ2n) is 5.22. The van der Waals surface area contributed by atoms with E-state index >= 15 is 0 Å². The normalized spacial score (nSPS) is 12.7. The lowest BCUT2D eigenvalue weighted by Crippen LogP contribution is -2.09. The highest BCUT2D eigenvalue weighted by Crippen LogP contribution is 2.25. The molecule has 0 saturated carbocycles. The van der Waals surface area contributed by atoms with Gasteiger partial charge in [0.15, 0.2) is 0 Å². The first-order valence-corrected chi connectivity index (χ1v) is 8.27. The number of imidazole rings is 1. The molecule has 3 rings (SSSR count). The molecule has 0 bridgehead atoms. The summed E-state index contributed by atoms with van der Waals surface area (Å²) in [4.78, 5) is 4.63. The van der Waals surface area contributed by atoms with Crippen LogP contribution in [-0.4, -0.2) is 9.55 Å². The average molecular weight is 364 g/mol. The van der Waals surface area contributed by atoms with Gasteiger partial charge >= 0.3 is 0 Å². The van der Waals surface area contributed by atoms with E-state index in [0.29, 0.717) is 11.8 Å². The predicted molar refractivity (Wildman–Crippen MR) is 91.8 cm³/mol. The van der Waals surface area contributed by atoms with Gasteiger partial charge in [0.2, 0.25) is 0 Å². The lowest BCUT2D eigenvalue weighted by atomic mass is 10.0. The highest BCUT2D eigenvalue weighted by Gasteiger charge is 2.14. The van der Waals surface area contributed by atoms with Gasteiger partial charge in [0, 0.05) is 11.0 Å². The van der Waals surface area contributed by atoms with Crippen molar-refractivity contribution in [3.63, 3.8) is 0 Å². The second kappa shape index (κ2) is 6.20. The van der Waals surface area contributed by atoms with E-state index in [-0.39, 0.29) is 0 Å². The summed E-state index contributed by atoms with van der Waals surface area (Å²) in [5.74, 6) is 1.76. The van der Waals surface area contributed by atoms with Crippen molar-refractivity contribution in [2.24, 2.45) is 0 Å². The highest BCUT2D eigenvalue weighted by molar-refractivity contribution is 9.10. The van der Waals surface area contributed by atoms with Crippen LogP contribution < -0.4 is 0 Å². The molecular formula is C17H16BrClN2. The molecular weight excluding hydrogens is 348 g/mol. The SMILES string of the molecule is CC(Cn1c(CCl)nc2ccc(Br)cc21)c1ccccc1. The predicted octanol–water partition coefficient (Wildman–Crippen LogP) is 5.34. The zero-order chi connectivity index (χ0) is 14.8. The maximum atomic E-state index is 6.08. The Bertz CT molecular complexity index is 752. The van der Waals surface area contributed by atoms with E-state index in [4.69, 9.17) is 11.6 Å². The third kappa shape index (κ3) is 2.99. The van der Waals surface area contributed by atoms with Crippen LogP contribution in [-0.2, 0) is 12.4 Å². The molecule has 0 N–H and O–H groups in total. The number of rotatable bonds is 4. The van der Waals surface area contributed by atoms with Crippen LogP contribution in [0.4, 0.5) is 0 Å². The quantitative estimate of drug-likeness (QED) is 0.572. The van der Waals surface area contributed by atoms with Gasteiger partial charge in [-0.05, 0) is 29.7 Å². The van der Waals surface area contributed by atoms with Crippen LogP contribution in [0.3, 0.4) is 0 Å². The van der Waals surface area contributed by atoms with Crippen molar-refractivity contribution >= 4 is 38.6 Å². The third-order valence-electron chi connectivity index (χ3n) is 3.73. The van der Waals surface area contributed by atoms with E-state index in [1.165, 1.54) is 5.56 Å². The molecule has 1 heterocycles. The molecule has 1 unspecified atom stereocenters. The summed E-state index contributed by atoms with van der Waals surface area (Å²) in [6.07, 6.45) is 0. The summed E-state index contributed by atoms with van der Waals surface area (Å²) in [7, 11) is 0. The van der Waals surface area contributed by atoms with Crippen LogP contribution in [0.5, 0.6) is 0 Å². The standard InChI is InChI=1S/C17H16BrClN2/c1-12(13-5-3-2-4-6-13)11-21-16-9-14(18)7-8-15(16)20-17(21)10-19/h2-9,12H,10-11H2,1H3. The summed E-state index contributed by atoms with van der Waals surface area (Å²) >= 11 is 9.61. The fourth-order valence-electron chi connectivity index (χ4n) is 2.61. The lowest BCUT2D eigenvalue weighted by molar-refractivity contribution is 0.595. The zero-order valence-electron chi connectivity index (χ0n) is 11.8.